The second-order valence-electron chi connectivity index (χ2n) is 4.51. The van der Waals surface area contributed by atoms with E-state index in [1.807, 2.05) is 42.5 Å². The normalized spacial score (nSPS) is 11.2. The number of hydrogen-bond donors (Lipinski definition) is 1. The minimum Gasteiger partial charge on any atom is -0.277 e. The molecule has 3 heterocycles. The molecule has 0 unspecified atom stereocenters. The van der Waals surface area contributed by atoms with E-state index in [0.29, 0.717) is 11.0 Å². The number of nitrogens with zero attached hydrogens (tertiary/aromatic N) is 3. The third-order valence-electron chi connectivity index (χ3n) is 3.36. The van der Waals surface area contributed by atoms with Gasteiger partial charge < -0.3 is 0 Å². The molecule has 4 rings (SSSR count). The summed E-state index contributed by atoms with van der Waals surface area (Å²) in [4.78, 5) is 17.0. The standard InChI is InChI=1S/C15H10N4O/c20-15-12-9-17-18-13(12)11-7-4-8-16-14(11)19(15)10-5-2-1-3-6-10/h1-9H,(H,17,18). The van der Waals surface area contributed by atoms with Gasteiger partial charge in [0.1, 0.15) is 5.65 Å². The zero-order valence-electron chi connectivity index (χ0n) is 10.4. The van der Waals surface area contributed by atoms with Gasteiger partial charge in [0, 0.05) is 11.6 Å². The lowest BCUT2D eigenvalue weighted by Crippen LogP contribution is -2.19. The fourth-order valence-electron chi connectivity index (χ4n) is 2.46. The highest BCUT2D eigenvalue weighted by atomic mass is 16.1. The van der Waals surface area contributed by atoms with Crippen LogP contribution in [0.4, 0.5) is 0 Å². The van der Waals surface area contributed by atoms with E-state index in [1.165, 1.54) is 0 Å². The minimum absolute atomic E-state index is 0.119. The number of nitrogens with one attached hydrogen (secondary N) is 1. The van der Waals surface area contributed by atoms with Crippen molar-refractivity contribution in [2.75, 3.05) is 0 Å². The Morgan fingerprint density at radius 3 is 2.70 bits per heavy atom. The number of aromatic nitrogens is 4. The second kappa shape index (κ2) is 4.03. The van der Waals surface area contributed by atoms with Crippen LogP contribution in [0, 0.1) is 0 Å². The average Bonchev–Trinajstić information content (AvgIpc) is 2.99. The Balaban J connectivity index is 2.28. The number of pyridine rings is 2. The van der Waals surface area contributed by atoms with Crippen LogP contribution in [-0.2, 0) is 0 Å². The molecule has 0 atom stereocenters. The Morgan fingerprint density at radius 2 is 1.85 bits per heavy atom. The van der Waals surface area contributed by atoms with E-state index >= 15 is 0 Å². The molecule has 0 fully saturated rings. The van der Waals surface area contributed by atoms with Crippen molar-refractivity contribution < 1.29 is 0 Å². The van der Waals surface area contributed by atoms with E-state index in [-0.39, 0.29) is 5.56 Å². The Kier molecular flexibility index (Phi) is 2.20. The maximum Gasteiger partial charge on any atom is 0.267 e. The van der Waals surface area contributed by atoms with Gasteiger partial charge in [0.05, 0.1) is 22.8 Å². The predicted molar refractivity (Wildman–Crippen MR) is 77.0 cm³/mol. The number of para-hydroxylation sites is 1. The van der Waals surface area contributed by atoms with Crippen LogP contribution in [0.1, 0.15) is 0 Å². The first kappa shape index (κ1) is 10.9. The number of aromatic amines is 1. The first-order valence-electron chi connectivity index (χ1n) is 6.24. The predicted octanol–water partition coefficient (Wildman–Crippen LogP) is 2.26. The molecule has 1 N–H and O–H groups in total. The Morgan fingerprint density at radius 1 is 1.00 bits per heavy atom. The molecule has 4 aromatic rings. The first-order valence-corrected chi connectivity index (χ1v) is 6.24. The number of hydrogen-bond acceptors (Lipinski definition) is 3. The van der Waals surface area contributed by atoms with Gasteiger partial charge in [-0.3, -0.25) is 14.5 Å². The summed E-state index contributed by atoms with van der Waals surface area (Å²) in [5, 5.41) is 8.30. The quantitative estimate of drug-likeness (QED) is 0.572. The lowest BCUT2D eigenvalue weighted by molar-refractivity contribution is 1.03. The Labute approximate surface area is 113 Å². The Bertz CT molecular complexity index is 969. The van der Waals surface area contributed by atoms with Crippen molar-refractivity contribution in [2.45, 2.75) is 0 Å². The molecule has 3 aromatic heterocycles. The maximum absolute atomic E-state index is 12.7. The van der Waals surface area contributed by atoms with E-state index in [1.54, 1.807) is 17.0 Å². The highest BCUT2D eigenvalue weighted by Crippen LogP contribution is 2.21. The van der Waals surface area contributed by atoms with Crippen molar-refractivity contribution in [3.05, 3.63) is 65.2 Å². The van der Waals surface area contributed by atoms with Crippen LogP contribution in [-0.4, -0.2) is 19.7 Å². The highest BCUT2D eigenvalue weighted by molar-refractivity contribution is 6.01. The first-order chi connectivity index (χ1) is 9.86. The summed E-state index contributed by atoms with van der Waals surface area (Å²) in [6.45, 7) is 0. The lowest BCUT2D eigenvalue weighted by Gasteiger charge is -2.09. The summed E-state index contributed by atoms with van der Waals surface area (Å²) < 4.78 is 1.62. The molecule has 0 aliphatic heterocycles. The van der Waals surface area contributed by atoms with Gasteiger partial charge in [0.25, 0.3) is 5.56 Å². The summed E-state index contributed by atoms with van der Waals surface area (Å²) in [6, 6.07) is 13.3. The van der Waals surface area contributed by atoms with Gasteiger partial charge in [0.2, 0.25) is 0 Å². The number of H-pyrrole nitrogens is 1. The van der Waals surface area contributed by atoms with E-state index in [9.17, 15) is 4.79 Å². The number of rotatable bonds is 1. The van der Waals surface area contributed by atoms with Crippen LogP contribution in [0.25, 0.3) is 27.6 Å². The van der Waals surface area contributed by atoms with Crippen LogP contribution in [0.3, 0.4) is 0 Å². The largest absolute Gasteiger partial charge is 0.277 e. The van der Waals surface area contributed by atoms with Crippen molar-refractivity contribution in [1.82, 2.24) is 19.7 Å². The van der Waals surface area contributed by atoms with Gasteiger partial charge in [-0.25, -0.2) is 4.98 Å². The number of fused-ring (bicyclic) bond motifs is 3. The lowest BCUT2D eigenvalue weighted by atomic mass is 10.2. The molecular formula is C15H10N4O. The zero-order valence-corrected chi connectivity index (χ0v) is 10.4. The molecule has 0 spiro atoms. The molecule has 0 radical (unpaired) electrons. The smallest absolute Gasteiger partial charge is 0.267 e. The summed E-state index contributed by atoms with van der Waals surface area (Å²) in [7, 11) is 0. The summed E-state index contributed by atoms with van der Waals surface area (Å²) in [6.07, 6.45) is 3.24. The fraction of sp³-hybridized carbons (Fsp3) is 0. The molecule has 0 bridgehead atoms. The summed E-state index contributed by atoms with van der Waals surface area (Å²) in [5.74, 6) is 0. The fourth-order valence-corrected chi connectivity index (χ4v) is 2.46. The molecule has 96 valence electrons. The monoisotopic (exact) mass is 262 g/mol. The molecule has 20 heavy (non-hydrogen) atoms. The van der Waals surface area contributed by atoms with Crippen LogP contribution in [0.5, 0.6) is 0 Å². The van der Waals surface area contributed by atoms with Gasteiger partial charge in [0.15, 0.2) is 0 Å². The van der Waals surface area contributed by atoms with Crippen LogP contribution in [0.15, 0.2) is 59.7 Å². The van der Waals surface area contributed by atoms with Crippen molar-refractivity contribution >= 4 is 21.9 Å². The molecule has 0 aliphatic rings. The highest BCUT2D eigenvalue weighted by Gasteiger charge is 2.13. The molecule has 0 aliphatic carbocycles. The van der Waals surface area contributed by atoms with E-state index in [0.717, 1.165) is 16.6 Å². The molecule has 1 aromatic carbocycles. The Hall–Kier alpha value is -2.95. The third-order valence-corrected chi connectivity index (χ3v) is 3.36. The van der Waals surface area contributed by atoms with Crippen LogP contribution < -0.4 is 5.56 Å². The molecule has 0 saturated heterocycles. The maximum atomic E-state index is 12.7. The van der Waals surface area contributed by atoms with Crippen molar-refractivity contribution in [3.8, 4) is 5.69 Å². The topological polar surface area (TPSA) is 63.6 Å². The van der Waals surface area contributed by atoms with Gasteiger partial charge in [-0.05, 0) is 24.3 Å². The molecule has 0 saturated carbocycles. The van der Waals surface area contributed by atoms with Gasteiger partial charge in [-0.1, -0.05) is 18.2 Å². The van der Waals surface area contributed by atoms with Crippen LogP contribution >= 0.6 is 0 Å². The van der Waals surface area contributed by atoms with Gasteiger partial charge >= 0.3 is 0 Å². The van der Waals surface area contributed by atoms with Crippen molar-refractivity contribution in [1.29, 1.82) is 0 Å². The molecule has 0 amide bonds. The minimum atomic E-state index is -0.119. The average molecular weight is 262 g/mol. The van der Waals surface area contributed by atoms with Gasteiger partial charge in [-0.2, -0.15) is 5.10 Å². The summed E-state index contributed by atoms with van der Waals surface area (Å²) >= 11 is 0. The second-order valence-corrected chi connectivity index (χ2v) is 4.51. The van der Waals surface area contributed by atoms with Crippen LogP contribution in [0.2, 0.25) is 0 Å². The van der Waals surface area contributed by atoms with Crippen molar-refractivity contribution in [2.24, 2.45) is 0 Å². The zero-order chi connectivity index (χ0) is 13.5. The SMILES string of the molecule is O=c1c2cn[nH]c2c2cccnc2n1-c1ccccc1. The number of benzene rings is 1. The van der Waals surface area contributed by atoms with E-state index in [4.69, 9.17) is 0 Å². The molecule has 5 nitrogen and oxygen atoms in total. The molecular weight excluding hydrogens is 252 g/mol. The van der Waals surface area contributed by atoms with Gasteiger partial charge in [-0.15, -0.1) is 0 Å². The third kappa shape index (κ3) is 1.40. The van der Waals surface area contributed by atoms with E-state index < -0.39 is 0 Å². The van der Waals surface area contributed by atoms with E-state index in [2.05, 4.69) is 15.2 Å². The van der Waals surface area contributed by atoms with Crippen molar-refractivity contribution in [3.63, 3.8) is 0 Å². The summed E-state index contributed by atoms with van der Waals surface area (Å²) in [5.41, 5.74) is 2.03. The molecule has 5 heteroatoms.